The number of hydrogen-bond acceptors (Lipinski definition) is 4. The molecule has 130 valence electrons. The Hall–Kier alpha value is -0.470. The van der Waals surface area contributed by atoms with E-state index < -0.39 is 16.3 Å². The molecule has 2 aliphatic heterocycles. The maximum Gasteiger partial charge on any atom is 0.254 e. The molecule has 24 heavy (non-hydrogen) atoms. The van der Waals surface area contributed by atoms with E-state index >= 15 is 0 Å². The highest BCUT2D eigenvalue weighted by molar-refractivity contribution is 9.11. The molecule has 3 rings (SSSR count). The van der Waals surface area contributed by atoms with Gasteiger partial charge in [0, 0.05) is 27.6 Å². The minimum atomic E-state index is -1.74. The second-order valence-corrected chi connectivity index (χ2v) is 8.51. The Balaban J connectivity index is 2.03. The van der Waals surface area contributed by atoms with Gasteiger partial charge in [-0.1, -0.05) is 43.5 Å². The highest BCUT2D eigenvalue weighted by Crippen LogP contribution is 2.48. The Kier molecular flexibility index (Phi) is 4.85. The van der Waals surface area contributed by atoms with E-state index in [2.05, 4.69) is 37.2 Å². The molecular weight excluding hydrogens is 463 g/mol. The van der Waals surface area contributed by atoms with Crippen molar-refractivity contribution in [1.82, 2.24) is 10.4 Å². The van der Waals surface area contributed by atoms with E-state index in [9.17, 15) is 9.59 Å². The number of amides is 1. The number of carbonyl (C=O) groups excluding carboxylic acids is 2. The first-order valence-corrected chi connectivity index (χ1v) is 9.52. The van der Waals surface area contributed by atoms with Crippen molar-refractivity contribution in [3.05, 3.63) is 32.2 Å². The molecule has 1 amide bonds. The van der Waals surface area contributed by atoms with Crippen LogP contribution in [0, 0.1) is 6.92 Å². The SMILES string of the molecule is CON1CCC2(CC1)NC(=O)C(Cl)(c1c(Br)cc(C)cc1Br)C2=O. The molecule has 1 aromatic carbocycles. The maximum atomic E-state index is 13.3. The summed E-state index contributed by atoms with van der Waals surface area (Å²) in [6.45, 7) is 3.05. The van der Waals surface area contributed by atoms with Gasteiger partial charge in [0.15, 0.2) is 5.78 Å². The fraction of sp³-hybridized carbons (Fsp3) is 0.500. The summed E-state index contributed by atoms with van der Waals surface area (Å²) in [4.78, 5) is 29.5. The van der Waals surface area contributed by atoms with Gasteiger partial charge in [0.25, 0.3) is 5.91 Å². The lowest BCUT2D eigenvalue weighted by Crippen LogP contribution is -2.54. The Morgan fingerprint density at radius 2 is 1.75 bits per heavy atom. The first kappa shape index (κ1) is 18.3. The van der Waals surface area contributed by atoms with Gasteiger partial charge in [-0.3, -0.25) is 9.59 Å². The van der Waals surface area contributed by atoms with Crippen molar-refractivity contribution in [2.75, 3.05) is 20.2 Å². The molecule has 1 spiro atoms. The van der Waals surface area contributed by atoms with Gasteiger partial charge >= 0.3 is 0 Å². The highest BCUT2D eigenvalue weighted by Gasteiger charge is 2.64. The van der Waals surface area contributed by atoms with Crippen LogP contribution in [0.15, 0.2) is 21.1 Å². The molecule has 2 fully saturated rings. The van der Waals surface area contributed by atoms with Crippen LogP contribution in [-0.4, -0.2) is 42.5 Å². The van der Waals surface area contributed by atoms with Gasteiger partial charge in [-0.15, -0.1) is 0 Å². The third-order valence-corrected chi connectivity index (χ3v) is 6.56. The smallest absolute Gasteiger partial charge is 0.254 e. The summed E-state index contributed by atoms with van der Waals surface area (Å²) in [5.74, 6) is -0.757. The number of hydrogen-bond donors (Lipinski definition) is 1. The summed E-state index contributed by atoms with van der Waals surface area (Å²) in [7, 11) is 1.60. The van der Waals surface area contributed by atoms with Crippen LogP contribution >= 0.6 is 43.5 Å². The Morgan fingerprint density at radius 1 is 1.21 bits per heavy atom. The maximum absolute atomic E-state index is 13.3. The average molecular weight is 481 g/mol. The summed E-state index contributed by atoms with van der Waals surface area (Å²) in [5.41, 5.74) is 0.521. The van der Waals surface area contributed by atoms with Gasteiger partial charge in [-0.2, -0.15) is 5.06 Å². The van der Waals surface area contributed by atoms with Crippen LogP contribution in [0.25, 0.3) is 0 Å². The van der Waals surface area contributed by atoms with Crippen molar-refractivity contribution in [3.8, 4) is 0 Å². The molecule has 1 aromatic rings. The van der Waals surface area contributed by atoms with Crippen molar-refractivity contribution in [3.63, 3.8) is 0 Å². The number of rotatable bonds is 2. The molecule has 2 heterocycles. The zero-order chi connectivity index (χ0) is 17.7. The van der Waals surface area contributed by atoms with Gasteiger partial charge in [0.1, 0.15) is 5.54 Å². The molecule has 1 unspecified atom stereocenters. The molecule has 8 heteroatoms. The lowest BCUT2D eigenvalue weighted by atomic mass is 9.80. The van der Waals surface area contributed by atoms with Crippen molar-refractivity contribution >= 4 is 55.2 Å². The monoisotopic (exact) mass is 478 g/mol. The molecule has 1 atom stereocenters. The third kappa shape index (κ3) is 2.65. The summed E-state index contributed by atoms with van der Waals surface area (Å²) in [6.07, 6.45) is 0.946. The summed E-state index contributed by atoms with van der Waals surface area (Å²) in [6, 6.07) is 3.70. The third-order valence-electron chi connectivity index (χ3n) is 4.78. The summed E-state index contributed by atoms with van der Waals surface area (Å²) in [5, 5.41) is 4.65. The molecule has 1 N–H and O–H groups in total. The Bertz CT molecular complexity index is 696. The average Bonchev–Trinajstić information content (AvgIpc) is 2.69. The van der Waals surface area contributed by atoms with Crippen LogP contribution in [0.4, 0.5) is 0 Å². The van der Waals surface area contributed by atoms with E-state index in [4.69, 9.17) is 16.4 Å². The highest BCUT2D eigenvalue weighted by atomic mass is 79.9. The molecule has 0 radical (unpaired) electrons. The Labute approximate surface area is 162 Å². The number of nitrogens with one attached hydrogen (secondary N) is 1. The number of halogens is 3. The van der Waals surface area contributed by atoms with Crippen LogP contribution in [0.1, 0.15) is 24.0 Å². The summed E-state index contributed by atoms with van der Waals surface area (Å²) < 4.78 is 1.28. The summed E-state index contributed by atoms with van der Waals surface area (Å²) >= 11 is 13.6. The molecule has 2 saturated heterocycles. The van der Waals surface area contributed by atoms with E-state index in [0.717, 1.165) is 5.56 Å². The lowest BCUT2D eigenvalue weighted by Gasteiger charge is -2.37. The van der Waals surface area contributed by atoms with Gasteiger partial charge in [0.05, 0.1) is 7.11 Å². The minimum Gasteiger partial charge on any atom is -0.341 e. The number of Topliss-reactive ketones (excluding diaryl/α,β-unsaturated/α-hetero) is 1. The molecule has 0 saturated carbocycles. The zero-order valence-electron chi connectivity index (χ0n) is 13.3. The topological polar surface area (TPSA) is 58.6 Å². The molecule has 0 bridgehead atoms. The number of alkyl halides is 1. The van der Waals surface area contributed by atoms with Crippen LogP contribution in [0.5, 0.6) is 0 Å². The predicted octanol–water partition coefficient (Wildman–Crippen LogP) is 3.05. The lowest BCUT2D eigenvalue weighted by molar-refractivity contribution is -0.157. The van der Waals surface area contributed by atoms with Crippen LogP contribution in [-0.2, 0) is 19.3 Å². The number of aryl methyl sites for hydroxylation is 1. The first-order valence-electron chi connectivity index (χ1n) is 7.56. The fourth-order valence-corrected chi connectivity index (χ4v) is 6.12. The minimum absolute atomic E-state index is 0.289. The number of carbonyl (C=O) groups is 2. The van der Waals surface area contributed by atoms with Crippen molar-refractivity contribution in [1.29, 1.82) is 0 Å². The Morgan fingerprint density at radius 3 is 2.25 bits per heavy atom. The number of ketones is 1. The van der Waals surface area contributed by atoms with Gasteiger partial charge in [0.2, 0.25) is 4.87 Å². The quantitative estimate of drug-likeness (QED) is 0.522. The van der Waals surface area contributed by atoms with E-state index in [1.807, 2.05) is 19.1 Å². The molecule has 0 aromatic heterocycles. The van der Waals surface area contributed by atoms with E-state index in [1.54, 1.807) is 12.2 Å². The largest absolute Gasteiger partial charge is 0.341 e. The standard InChI is InChI=1S/C16H17Br2ClN2O3/c1-9-7-10(17)12(11(18)8-9)16(19)13(22)15(20-14(16)23)3-5-21(24-2)6-4-15/h7-8H,3-6H2,1-2H3,(H,20,23). The number of nitrogens with zero attached hydrogens (tertiary/aromatic N) is 1. The molecule has 2 aliphatic rings. The second-order valence-electron chi connectivity index (χ2n) is 6.24. The van der Waals surface area contributed by atoms with Crippen molar-refractivity contribution in [2.24, 2.45) is 0 Å². The second kappa shape index (κ2) is 6.36. The first-order chi connectivity index (χ1) is 11.2. The van der Waals surface area contributed by atoms with Gasteiger partial charge in [-0.05, 0) is 37.5 Å². The molecule has 5 nitrogen and oxygen atoms in total. The van der Waals surface area contributed by atoms with Crippen molar-refractivity contribution < 1.29 is 14.4 Å². The van der Waals surface area contributed by atoms with Crippen LogP contribution in [0.2, 0.25) is 0 Å². The van der Waals surface area contributed by atoms with Crippen LogP contribution < -0.4 is 5.32 Å². The zero-order valence-corrected chi connectivity index (χ0v) is 17.2. The number of benzene rings is 1. The predicted molar refractivity (Wildman–Crippen MR) is 97.8 cm³/mol. The van der Waals surface area contributed by atoms with Crippen LogP contribution in [0.3, 0.4) is 0 Å². The normalized spacial score (nSPS) is 26.9. The van der Waals surface area contributed by atoms with Crippen molar-refractivity contribution in [2.45, 2.75) is 30.2 Å². The fourth-order valence-electron chi connectivity index (χ4n) is 3.45. The van der Waals surface area contributed by atoms with Gasteiger partial charge < -0.3 is 10.2 Å². The number of hydroxylamine groups is 2. The van der Waals surface area contributed by atoms with E-state index in [-0.39, 0.29) is 5.78 Å². The number of piperidine rings is 1. The van der Waals surface area contributed by atoms with E-state index in [0.29, 0.717) is 40.4 Å². The molecular formula is C16H17Br2ClN2O3. The molecule has 0 aliphatic carbocycles. The van der Waals surface area contributed by atoms with E-state index in [1.165, 1.54) is 0 Å². The van der Waals surface area contributed by atoms with Gasteiger partial charge in [-0.25, -0.2) is 0 Å².